The summed E-state index contributed by atoms with van der Waals surface area (Å²) in [5.74, 6) is 0.904. The zero-order valence-corrected chi connectivity index (χ0v) is 11.8. The van der Waals surface area contributed by atoms with Crippen molar-refractivity contribution in [1.82, 2.24) is 4.90 Å². The highest BCUT2D eigenvalue weighted by molar-refractivity contribution is 5.41. The summed E-state index contributed by atoms with van der Waals surface area (Å²) >= 11 is 0. The molecule has 0 spiro atoms. The molecule has 3 rings (SSSR count). The molecule has 3 nitrogen and oxygen atoms in total. The van der Waals surface area contributed by atoms with E-state index in [1.54, 1.807) is 0 Å². The number of fused-ring (bicyclic) bond motifs is 2. The van der Waals surface area contributed by atoms with Gasteiger partial charge in [0.2, 0.25) is 0 Å². The van der Waals surface area contributed by atoms with Crippen molar-refractivity contribution in [2.75, 3.05) is 19.0 Å². The van der Waals surface area contributed by atoms with Crippen molar-refractivity contribution in [3.63, 3.8) is 0 Å². The molecule has 2 aliphatic heterocycles. The predicted molar refractivity (Wildman–Crippen MR) is 78.6 cm³/mol. The Hall–Kier alpha value is -1.29. The predicted octanol–water partition coefficient (Wildman–Crippen LogP) is 3.00. The maximum atomic E-state index is 12.4. The van der Waals surface area contributed by atoms with Gasteiger partial charge in [-0.25, -0.2) is 0 Å². The number of hydrogen-bond donors (Lipinski definition) is 1. The Balaban J connectivity index is 1.58. The quantitative estimate of drug-likeness (QED) is 0.841. The number of nitrogens with zero attached hydrogens (tertiary/aromatic N) is 1. The van der Waals surface area contributed by atoms with Crippen LogP contribution in [-0.4, -0.2) is 36.3 Å². The average molecular weight is 278 g/mol. The molecular formula is C16H23FN2O. The summed E-state index contributed by atoms with van der Waals surface area (Å²) in [4.78, 5) is 2.50. The number of rotatable bonds is 5. The van der Waals surface area contributed by atoms with Crippen molar-refractivity contribution in [2.45, 2.75) is 50.3 Å². The summed E-state index contributed by atoms with van der Waals surface area (Å²) in [6.07, 6.45) is 5.55. The lowest BCUT2D eigenvalue weighted by Gasteiger charge is -2.38. The van der Waals surface area contributed by atoms with Crippen molar-refractivity contribution in [2.24, 2.45) is 0 Å². The molecule has 20 heavy (non-hydrogen) atoms. The van der Waals surface area contributed by atoms with Crippen molar-refractivity contribution in [3.05, 3.63) is 24.3 Å². The van der Waals surface area contributed by atoms with Crippen molar-refractivity contribution in [3.8, 4) is 5.75 Å². The number of anilines is 1. The Bertz CT molecular complexity index is 423. The van der Waals surface area contributed by atoms with E-state index in [0.717, 1.165) is 30.8 Å². The molecule has 2 fully saturated rings. The van der Waals surface area contributed by atoms with Crippen molar-refractivity contribution >= 4 is 5.69 Å². The highest BCUT2D eigenvalue weighted by Gasteiger charge is 2.41. The molecule has 2 heterocycles. The number of nitrogens with two attached hydrogens (primary N) is 1. The van der Waals surface area contributed by atoms with E-state index in [0.29, 0.717) is 18.5 Å². The van der Waals surface area contributed by atoms with Gasteiger partial charge in [-0.3, -0.25) is 9.29 Å². The maximum absolute atomic E-state index is 12.4. The number of benzene rings is 1. The fourth-order valence-corrected chi connectivity index (χ4v) is 3.67. The minimum Gasteiger partial charge on any atom is -0.490 e. The Morgan fingerprint density at radius 1 is 1.15 bits per heavy atom. The normalized spacial score (nSPS) is 29.6. The van der Waals surface area contributed by atoms with Gasteiger partial charge in [-0.05, 0) is 56.4 Å². The van der Waals surface area contributed by atoms with Crippen LogP contribution in [-0.2, 0) is 0 Å². The fourth-order valence-electron chi connectivity index (χ4n) is 3.67. The largest absolute Gasteiger partial charge is 0.490 e. The number of halogens is 1. The second kappa shape index (κ2) is 6.00. The Labute approximate surface area is 119 Å². The first-order chi connectivity index (χ1) is 9.76. The summed E-state index contributed by atoms with van der Waals surface area (Å²) in [7, 11) is 0. The van der Waals surface area contributed by atoms with Crippen LogP contribution in [0.1, 0.15) is 32.1 Å². The second-order valence-electron chi connectivity index (χ2n) is 5.95. The summed E-state index contributed by atoms with van der Waals surface area (Å²) < 4.78 is 18.4. The number of nitrogen functional groups attached to an aromatic ring is 1. The van der Waals surface area contributed by atoms with Crippen LogP contribution in [0.2, 0.25) is 0 Å². The average Bonchev–Trinajstić information content (AvgIpc) is 2.69. The van der Waals surface area contributed by atoms with Crippen LogP contribution >= 0.6 is 0 Å². The van der Waals surface area contributed by atoms with E-state index in [1.807, 2.05) is 24.3 Å². The van der Waals surface area contributed by atoms with Crippen LogP contribution in [0.5, 0.6) is 5.75 Å². The molecule has 0 aliphatic carbocycles. The van der Waals surface area contributed by atoms with E-state index in [1.165, 1.54) is 12.8 Å². The lowest BCUT2D eigenvalue weighted by molar-refractivity contribution is 0.0478. The lowest BCUT2D eigenvalue weighted by Crippen LogP contribution is -2.46. The molecule has 1 aromatic carbocycles. The zero-order chi connectivity index (χ0) is 13.9. The molecule has 2 bridgehead atoms. The van der Waals surface area contributed by atoms with E-state index in [9.17, 15) is 4.39 Å². The summed E-state index contributed by atoms with van der Waals surface area (Å²) in [6, 6.07) is 8.79. The maximum Gasteiger partial charge on any atom is 0.119 e. The number of hydrogen-bond acceptors (Lipinski definition) is 3. The summed E-state index contributed by atoms with van der Waals surface area (Å²) in [5, 5.41) is 0. The van der Waals surface area contributed by atoms with E-state index in [2.05, 4.69) is 4.90 Å². The highest BCUT2D eigenvalue weighted by atomic mass is 19.1. The number of alkyl halides is 1. The van der Waals surface area contributed by atoms with Crippen LogP contribution in [0.15, 0.2) is 24.3 Å². The molecule has 0 aromatic heterocycles. The molecule has 4 heteroatoms. The molecule has 2 saturated heterocycles. The van der Waals surface area contributed by atoms with Gasteiger partial charge >= 0.3 is 0 Å². The minimum absolute atomic E-state index is 0.207. The summed E-state index contributed by atoms with van der Waals surface area (Å²) in [6.45, 7) is 0.696. The first-order valence-electron chi connectivity index (χ1n) is 7.60. The molecule has 2 unspecified atom stereocenters. The van der Waals surface area contributed by atoms with Crippen LogP contribution in [0, 0.1) is 0 Å². The molecule has 0 saturated carbocycles. The number of ether oxygens (including phenoxy) is 1. The van der Waals surface area contributed by atoms with Gasteiger partial charge in [-0.15, -0.1) is 0 Å². The SMILES string of the molecule is Nc1ccc(OC2CC3CCC(C2)N3CCCF)cc1. The fraction of sp³-hybridized carbons (Fsp3) is 0.625. The smallest absolute Gasteiger partial charge is 0.119 e. The first kappa shape index (κ1) is 13.7. The van der Waals surface area contributed by atoms with Gasteiger partial charge in [0.25, 0.3) is 0 Å². The molecular weight excluding hydrogens is 255 g/mol. The van der Waals surface area contributed by atoms with Gasteiger partial charge in [0, 0.05) is 24.3 Å². The van der Waals surface area contributed by atoms with Gasteiger partial charge in [0.05, 0.1) is 6.67 Å². The van der Waals surface area contributed by atoms with Gasteiger partial charge in [0.15, 0.2) is 0 Å². The molecule has 1 aromatic rings. The van der Waals surface area contributed by atoms with Crippen molar-refractivity contribution < 1.29 is 9.13 Å². The summed E-state index contributed by atoms with van der Waals surface area (Å²) in [5.41, 5.74) is 6.45. The van der Waals surface area contributed by atoms with Crippen LogP contribution < -0.4 is 10.5 Å². The van der Waals surface area contributed by atoms with E-state index in [4.69, 9.17) is 10.5 Å². The molecule has 2 atom stereocenters. The number of piperidine rings is 1. The van der Waals surface area contributed by atoms with Gasteiger partial charge in [-0.2, -0.15) is 0 Å². The van der Waals surface area contributed by atoms with Crippen LogP contribution in [0.25, 0.3) is 0 Å². The van der Waals surface area contributed by atoms with E-state index >= 15 is 0 Å². The van der Waals surface area contributed by atoms with Crippen molar-refractivity contribution in [1.29, 1.82) is 0 Å². The molecule has 110 valence electrons. The monoisotopic (exact) mass is 278 g/mol. The zero-order valence-electron chi connectivity index (χ0n) is 11.8. The Morgan fingerprint density at radius 2 is 1.80 bits per heavy atom. The Morgan fingerprint density at radius 3 is 2.40 bits per heavy atom. The van der Waals surface area contributed by atoms with Gasteiger partial charge in [0.1, 0.15) is 11.9 Å². The van der Waals surface area contributed by atoms with Gasteiger partial charge in [-0.1, -0.05) is 0 Å². The first-order valence-corrected chi connectivity index (χ1v) is 7.60. The molecule has 0 amide bonds. The standard InChI is InChI=1S/C16H23FN2O/c17-8-1-9-19-13-4-5-14(19)11-16(10-13)20-15-6-2-12(18)3-7-15/h2-3,6-7,13-14,16H,1,4-5,8-11,18H2. The Kier molecular flexibility index (Phi) is 4.10. The van der Waals surface area contributed by atoms with Crippen LogP contribution in [0.3, 0.4) is 0 Å². The third-order valence-electron chi connectivity index (χ3n) is 4.57. The third kappa shape index (κ3) is 2.90. The third-order valence-corrected chi connectivity index (χ3v) is 4.57. The lowest BCUT2D eigenvalue weighted by atomic mass is 9.99. The van der Waals surface area contributed by atoms with Gasteiger partial charge < -0.3 is 10.5 Å². The van der Waals surface area contributed by atoms with Crippen LogP contribution in [0.4, 0.5) is 10.1 Å². The van der Waals surface area contributed by atoms with E-state index in [-0.39, 0.29) is 12.8 Å². The minimum atomic E-state index is -0.207. The highest BCUT2D eigenvalue weighted by Crippen LogP contribution is 2.37. The molecule has 2 N–H and O–H groups in total. The molecule has 2 aliphatic rings. The molecule has 0 radical (unpaired) electrons. The second-order valence-corrected chi connectivity index (χ2v) is 5.95. The topological polar surface area (TPSA) is 38.5 Å². The van der Waals surface area contributed by atoms with E-state index < -0.39 is 0 Å².